The maximum absolute atomic E-state index is 11.9. The molecule has 0 bridgehead atoms. The van der Waals surface area contributed by atoms with Gasteiger partial charge in [0.05, 0.1) is 12.0 Å². The van der Waals surface area contributed by atoms with Gasteiger partial charge in [-0.15, -0.1) is 0 Å². The quantitative estimate of drug-likeness (QED) is 0.653. The molecular formula is C16H16N2O5. The van der Waals surface area contributed by atoms with Gasteiger partial charge < -0.3 is 14.8 Å². The molecule has 0 atom stereocenters. The third kappa shape index (κ3) is 4.44. The van der Waals surface area contributed by atoms with Crippen LogP contribution in [0.15, 0.2) is 42.5 Å². The number of anilines is 1. The molecule has 0 spiro atoms. The van der Waals surface area contributed by atoms with Crippen LogP contribution in [0.3, 0.4) is 0 Å². The van der Waals surface area contributed by atoms with E-state index in [9.17, 15) is 14.9 Å². The van der Waals surface area contributed by atoms with Gasteiger partial charge in [-0.2, -0.15) is 0 Å². The van der Waals surface area contributed by atoms with E-state index in [-0.39, 0.29) is 18.2 Å². The summed E-state index contributed by atoms with van der Waals surface area (Å²) in [5.41, 5.74) is 1.09. The Morgan fingerprint density at radius 3 is 2.61 bits per heavy atom. The number of nitro groups is 1. The lowest BCUT2D eigenvalue weighted by Gasteiger charge is -2.10. The van der Waals surface area contributed by atoms with E-state index in [1.807, 2.05) is 0 Å². The minimum Gasteiger partial charge on any atom is -0.497 e. The van der Waals surface area contributed by atoms with E-state index in [0.29, 0.717) is 22.7 Å². The lowest BCUT2D eigenvalue weighted by molar-refractivity contribution is -0.384. The molecule has 0 fully saturated rings. The van der Waals surface area contributed by atoms with E-state index >= 15 is 0 Å². The van der Waals surface area contributed by atoms with Gasteiger partial charge in [0.2, 0.25) is 0 Å². The molecule has 0 unspecified atom stereocenters. The number of hydrogen-bond acceptors (Lipinski definition) is 5. The number of methoxy groups -OCH3 is 1. The van der Waals surface area contributed by atoms with Crippen molar-refractivity contribution in [2.24, 2.45) is 0 Å². The third-order valence-corrected chi connectivity index (χ3v) is 3.11. The van der Waals surface area contributed by atoms with E-state index in [2.05, 4.69) is 5.32 Å². The second kappa shape index (κ2) is 7.26. The van der Waals surface area contributed by atoms with E-state index in [4.69, 9.17) is 9.47 Å². The second-order valence-corrected chi connectivity index (χ2v) is 4.77. The highest BCUT2D eigenvalue weighted by atomic mass is 16.6. The van der Waals surface area contributed by atoms with Crippen molar-refractivity contribution in [1.29, 1.82) is 0 Å². The first-order valence-electron chi connectivity index (χ1n) is 6.81. The number of benzene rings is 2. The normalized spacial score (nSPS) is 10.0. The number of nitrogens with one attached hydrogen (secondary N) is 1. The summed E-state index contributed by atoms with van der Waals surface area (Å²) >= 11 is 0. The lowest BCUT2D eigenvalue weighted by Crippen LogP contribution is -2.20. The average Bonchev–Trinajstić information content (AvgIpc) is 2.55. The van der Waals surface area contributed by atoms with E-state index < -0.39 is 4.92 Å². The Hall–Kier alpha value is -3.09. The molecule has 120 valence electrons. The first kappa shape index (κ1) is 16.3. The van der Waals surface area contributed by atoms with Gasteiger partial charge in [0.15, 0.2) is 6.61 Å². The Labute approximate surface area is 133 Å². The maximum atomic E-state index is 11.9. The highest BCUT2D eigenvalue weighted by molar-refractivity contribution is 5.92. The number of carbonyl (C=O) groups is 1. The molecule has 1 N–H and O–H groups in total. The van der Waals surface area contributed by atoms with Crippen LogP contribution in [0.4, 0.5) is 11.4 Å². The molecule has 2 aromatic rings. The van der Waals surface area contributed by atoms with Gasteiger partial charge in [0.1, 0.15) is 11.5 Å². The second-order valence-electron chi connectivity index (χ2n) is 4.77. The molecule has 1 amide bonds. The van der Waals surface area contributed by atoms with Crippen LogP contribution in [0, 0.1) is 17.0 Å². The van der Waals surface area contributed by atoms with Gasteiger partial charge in [0.25, 0.3) is 11.6 Å². The molecule has 0 aliphatic carbocycles. The molecule has 7 heteroatoms. The molecule has 2 aromatic carbocycles. The molecule has 0 aromatic heterocycles. The van der Waals surface area contributed by atoms with Gasteiger partial charge in [-0.1, -0.05) is 6.07 Å². The van der Waals surface area contributed by atoms with Crippen molar-refractivity contribution in [3.05, 3.63) is 58.1 Å². The van der Waals surface area contributed by atoms with Crippen LogP contribution in [-0.2, 0) is 4.79 Å². The number of rotatable bonds is 6. The summed E-state index contributed by atoms with van der Waals surface area (Å²) in [5.74, 6) is 0.791. The zero-order valence-corrected chi connectivity index (χ0v) is 12.7. The smallest absolute Gasteiger partial charge is 0.269 e. The topological polar surface area (TPSA) is 90.7 Å². The van der Waals surface area contributed by atoms with Crippen LogP contribution in [0.1, 0.15) is 5.56 Å². The predicted octanol–water partition coefficient (Wildman–Crippen LogP) is 2.93. The monoisotopic (exact) mass is 316 g/mol. The maximum Gasteiger partial charge on any atom is 0.269 e. The Balaban J connectivity index is 1.95. The molecule has 0 saturated carbocycles. The van der Waals surface area contributed by atoms with Gasteiger partial charge in [-0.25, -0.2) is 0 Å². The number of nitro benzene ring substituents is 1. The van der Waals surface area contributed by atoms with Crippen molar-refractivity contribution < 1.29 is 19.2 Å². The predicted molar refractivity (Wildman–Crippen MR) is 85.0 cm³/mol. The number of amides is 1. The van der Waals surface area contributed by atoms with E-state index in [1.54, 1.807) is 38.3 Å². The van der Waals surface area contributed by atoms with Crippen molar-refractivity contribution in [3.8, 4) is 11.5 Å². The van der Waals surface area contributed by atoms with Crippen molar-refractivity contribution in [2.45, 2.75) is 6.92 Å². The Bertz CT molecular complexity index is 730. The minimum absolute atomic E-state index is 0.0203. The Kier molecular flexibility index (Phi) is 5.14. The highest BCUT2D eigenvalue weighted by Crippen LogP contribution is 2.21. The number of aryl methyl sites for hydroxylation is 1. The summed E-state index contributed by atoms with van der Waals surface area (Å²) in [6.07, 6.45) is 0. The average molecular weight is 316 g/mol. The first-order valence-corrected chi connectivity index (χ1v) is 6.81. The Morgan fingerprint density at radius 2 is 1.96 bits per heavy atom. The third-order valence-electron chi connectivity index (χ3n) is 3.11. The van der Waals surface area contributed by atoms with Crippen LogP contribution in [0.25, 0.3) is 0 Å². The number of ether oxygens (including phenoxy) is 2. The molecule has 0 saturated heterocycles. The van der Waals surface area contributed by atoms with E-state index in [0.717, 1.165) is 0 Å². The highest BCUT2D eigenvalue weighted by Gasteiger charge is 2.10. The molecule has 2 rings (SSSR count). The van der Waals surface area contributed by atoms with Crippen molar-refractivity contribution >= 4 is 17.3 Å². The summed E-state index contributed by atoms with van der Waals surface area (Å²) < 4.78 is 10.5. The van der Waals surface area contributed by atoms with Crippen LogP contribution < -0.4 is 14.8 Å². The summed E-state index contributed by atoms with van der Waals surface area (Å²) in [6, 6.07) is 11.2. The van der Waals surface area contributed by atoms with E-state index in [1.165, 1.54) is 18.2 Å². The lowest BCUT2D eigenvalue weighted by atomic mass is 10.2. The first-order chi connectivity index (χ1) is 11.0. The molecule has 0 heterocycles. The molecule has 7 nitrogen and oxygen atoms in total. The van der Waals surface area contributed by atoms with Crippen LogP contribution in [0.5, 0.6) is 11.5 Å². The minimum atomic E-state index is -0.482. The van der Waals surface area contributed by atoms with Gasteiger partial charge in [-0.05, 0) is 30.7 Å². The molecular weight excluding hydrogens is 300 g/mol. The van der Waals surface area contributed by atoms with Crippen LogP contribution in [0.2, 0.25) is 0 Å². The molecule has 0 aliphatic rings. The summed E-state index contributed by atoms with van der Waals surface area (Å²) in [5, 5.41) is 13.3. The zero-order valence-electron chi connectivity index (χ0n) is 12.7. The van der Waals surface area contributed by atoms with Crippen LogP contribution >= 0.6 is 0 Å². The fourth-order valence-corrected chi connectivity index (χ4v) is 1.93. The number of nitrogens with zero attached hydrogens (tertiary/aromatic N) is 1. The summed E-state index contributed by atoms with van der Waals surface area (Å²) in [4.78, 5) is 22.1. The fraction of sp³-hybridized carbons (Fsp3) is 0.188. The fourth-order valence-electron chi connectivity index (χ4n) is 1.93. The molecule has 23 heavy (non-hydrogen) atoms. The van der Waals surface area contributed by atoms with Crippen molar-refractivity contribution in [1.82, 2.24) is 0 Å². The zero-order chi connectivity index (χ0) is 16.8. The summed E-state index contributed by atoms with van der Waals surface area (Å²) in [6.45, 7) is 1.51. The molecule has 0 radical (unpaired) electrons. The van der Waals surface area contributed by atoms with Gasteiger partial charge >= 0.3 is 0 Å². The van der Waals surface area contributed by atoms with Gasteiger partial charge in [-0.3, -0.25) is 14.9 Å². The van der Waals surface area contributed by atoms with Gasteiger partial charge in [0, 0.05) is 23.9 Å². The van der Waals surface area contributed by atoms with Crippen molar-refractivity contribution in [2.75, 3.05) is 19.0 Å². The molecule has 0 aliphatic heterocycles. The standard InChI is InChI=1S/C16H16N2O5/c1-11-8-12(18(20)21)6-7-15(11)17-16(19)10-23-14-5-3-4-13(9-14)22-2/h3-9H,10H2,1-2H3,(H,17,19). The van der Waals surface area contributed by atoms with Crippen LogP contribution in [-0.4, -0.2) is 24.5 Å². The number of non-ortho nitro benzene ring substituents is 1. The largest absolute Gasteiger partial charge is 0.497 e. The number of hydrogen-bond donors (Lipinski definition) is 1. The Morgan fingerprint density at radius 1 is 1.22 bits per heavy atom. The SMILES string of the molecule is COc1cccc(OCC(=O)Nc2ccc([N+](=O)[O-])cc2C)c1. The number of carbonyl (C=O) groups excluding carboxylic acids is 1. The summed E-state index contributed by atoms with van der Waals surface area (Å²) in [7, 11) is 1.54. The van der Waals surface area contributed by atoms with Crippen molar-refractivity contribution in [3.63, 3.8) is 0 Å².